The summed E-state index contributed by atoms with van der Waals surface area (Å²) in [6.45, 7) is 5.80. The van der Waals surface area contributed by atoms with Gasteiger partial charge in [0.1, 0.15) is 5.75 Å². The minimum Gasteiger partial charge on any atom is -0.508 e. The van der Waals surface area contributed by atoms with E-state index in [1.54, 1.807) is 18.2 Å². The Labute approximate surface area is 106 Å². The zero-order valence-electron chi connectivity index (χ0n) is 10.6. The highest BCUT2D eigenvalue weighted by atomic mass is 16.5. The van der Waals surface area contributed by atoms with Gasteiger partial charge in [-0.15, -0.1) is 0 Å². The molecule has 0 saturated carbocycles. The summed E-state index contributed by atoms with van der Waals surface area (Å²) in [4.78, 5) is 4.35. The minimum absolute atomic E-state index is 0.170. The Kier molecular flexibility index (Phi) is 3.94. The summed E-state index contributed by atoms with van der Waals surface area (Å²) < 4.78 is 5.24. The van der Waals surface area contributed by atoms with E-state index in [1.165, 1.54) is 0 Å². The third-order valence-electron chi connectivity index (χ3n) is 2.67. The van der Waals surface area contributed by atoms with E-state index in [0.717, 1.165) is 18.7 Å². The van der Waals surface area contributed by atoms with Crippen LogP contribution in [0.1, 0.15) is 25.7 Å². The first kappa shape index (κ1) is 12.6. The standard InChI is InChI=1S/C13H17N3O2/c1-3-14-8-9(2)13-15-12(16-18-13)10-5-4-6-11(17)7-10/h4-7,9,14,17H,3,8H2,1-2H3. The maximum absolute atomic E-state index is 9.41. The van der Waals surface area contributed by atoms with Gasteiger partial charge in [-0.2, -0.15) is 4.98 Å². The number of nitrogens with zero attached hydrogens (tertiary/aromatic N) is 2. The molecule has 2 N–H and O–H groups in total. The molecule has 0 spiro atoms. The summed E-state index contributed by atoms with van der Waals surface area (Å²) in [6, 6.07) is 6.81. The molecule has 0 fully saturated rings. The van der Waals surface area contributed by atoms with E-state index in [2.05, 4.69) is 22.4 Å². The molecule has 0 amide bonds. The maximum Gasteiger partial charge on any atom is 0.231 e. The minimum atomic E-state index is 0.170. The monoisotopic (exact) mass is 247 g/mol. The molecule has 0 radical (unpaired) electrons. The first-order valence-electron chi connectivity index (χ1n) is 6.04. The molecule has 1 atom stereocenters. The van der Waals surface area contributed by atoms with E-state index in [-0.39, 0.29) is 11.7 Å². The van der Waals surface area contributed by atoms with Crippen molar-refractivity contribution in [1.82, 2.24) is 15.5 Å². The van der Waals surface area contributed by atoms with Gasteiger partial charge in [-0.1, -0.05) is 31.1 Å². The van der Waals surface area contributed by atoms with E-state index < -0.39 is 0 Å². The Balaban J connectivity index is 2.15. The molecular formula is C13H17N3O2. The van der Waals surface area contributed by atoms with Crippen molar-refractivity contribution in [2.75, 3.05) is 13.1 Å². The third-order valence-corrected chi connectivity index (χ3v) is 2.67. The van der Waals surface area contributed by atoms with Crippen molar-refractivity contribution >= 4 is 0 Å². The van der Waals surface area contributed by atoms with Gasteiger partial charge in [0.05, 0.1) is 0 Å². The lowest BCUT2D eigenvalue weighted by atomic mass is 10.1. The predicted molar refractivity (Wildman–Crippen MR) is 68.4 cm³/mol. The first-order chi connectivity index (χ1) is 8.70. The van der Waals surface area contributed by atoms with Gasteiger partial charge in [-0.3, -0.25) is 0 Å². The molecule has 1 aromatic carbocycles. The molecule has 0 aliphatic heterocycles. The summed E-state index contributed by atoms with van der Waals surface area (Å²) in [7, 11) is 0. The van der Waals surface area contributed by atoms with E-state index in [4.69, 9.17) is 4.52 Å². The number of hydrogen-bond acceptors (Lipinski definition) is 5. The molecule has 2 aromatic rings. The fourth-order valence-electron chi connectivity index (χ4n) is 1.65. The summed E-state index contributed by atoms with van der Waals surface area (Å²) in [5, 5.41) is 16.6. The van der Waals surface area contributed by atoms with Crippen LogP contribution in [0.2, 0.25) is 0 Å². The maximum atomic E-state index is 9.41. The fraction of sp³-hybridized carbons (Fsp3) is 0.385. The van der Waals surface area contributed by atoms with Gasteiger partial charge in [0.25, 0.3) is 0 Å². The molecule has 1 unspecified atom stereocenters. The summed E-state index contributed by atoms with van der Waals surface area (Å²) >= 11 is 0. The molecule has 0 bridgehead atoms. The van der Waals surface area contributed by atoms with Crippen molar-refractivity contribution in [3.63, 3.8) is 0 Å². The number of phenols is 1. The van der Waals surface area contributed by atoms with Crippen molar-refractivity contribution in [2.24, 2.45) is 0 Å². The number of rotatable bonds is 5. The van der Waals surface area contributed by atoms with E-state index in [9.17, 15) is 5.11 Å². The molecule has 96 valence electrons. The molecule has 1 heterocycles. The van der Waals surface area contributed by atoms with Gasteiger partial charge in [0.2, 0.25) is 11.7 Å². The number of aromatic hydroxyl groups is 1. The normalized spacial score (nSPS) is 12.6. The van der Waals surface area contributed by atoms with Crippen LogP contribution >= 0.6 is 0 Å². The molecule has 1 aromatic heterocycles. The van der Waals surface area contributed by atoms with Gasteiger partial charge in [-0.05, 0) is 18.7 Å². The van der Waals surface area contributed by atoms with Crippen LogP contribution in [0.3, 0.4) is 0 Å². The lowest BCUT2D eigenvalue weighted by Crippen LogP contribution is -2.19. The molecule has 5 nitrogen and oxygen atoms in total. The number of nitrogens with one attached hydrogen (secondary N) is 1. The van der Waals surface area contributed by atoms with E-state index >= 15 is 0 Å². The first-order valence-corrected chi connectivity index (χ1v) is 6.04. The number of hydrogen-bond donors (Lipinski definition) is 2. The smallest absolute Gasteiger partial charge is 0.231 e. The molecule has 18 heavy (non-hydrogen) atoms. The van der Waals surface area contributed by atoms with Crippen LogP contribution < -0.4 is 5.32 Å². The summed E-state index contributed by atoms with van der Waals surface area (Å²) in [5.41, 5.74) is 0.751. The second-order valence-corrected chi connectivity index (χ2v) is 4.22. The third kappa shape index (κ3) is 2.87. The van der Waals surface area contributed by atoms with Crippen molar-refractivity contribution in [2.45, 2.75) is 19.8 Å². The van der Waals surface area contributed by atoms with Crippen LogP contribution in [0.25, 0.3) is 11.4 Å². The van der Waals surface area contributed by atoms with Crippen LogP contribution in [0.4, 0.5) is 0 Å². The molecule has 0 aliphatic carbocycles. The largest absolute Gasteiger partial charge is 0.508 e. The zero-order valence-corrected chi connectivity index (χ0v) is 10.6. The molecule has 0 aliphatic rings. The topological polar surface area (TPSA) is 71.2 Å². The van der Waals surface area contributed by atoms with Gasteiger partial charge in [-0.25, -0.2) is 0 Å². The highest BCUT2D eigenvalue weighted by molar-refractivity contribution is 5.56. The van der Waals surface area contributed by atoms with Crippen molar-refractivity contribution in [1.29, 1.82) is 0 Å². The van der Waals surface area contributed by atoms with Gasteiger partial charge in [0, 0.05) is 18.0 Å². The highest BCUT2D eigenvalue weighted by Crippen LogP contribution is 2.22. The summed E-state index contributed by atoms with van der Waals surface area (Å²) in [6.07, 6.45) is 0. The van der Waals surface area contributed by atoms with Crippen LogP contribution in [-0.4, -0.2) is 28.3 Å². The lowest BCUT2D eigenvalue weighted by Gasteiger charge is -2.05. The molecular weight excluding hydrogens is 230 g/mol. The van der Waals surface area contributed by atoms with Crippen molar-refractivity contribution in [3.05, 3.63) is 30.2 Å². The lowest BCUT2D eigenvalue weighted by molar-refractivity contribution is 0.355. The van der Waals surface area contributed by atoms with Crippen LogP contribution in [0.5, 0.6) is 5.75 Å². The Morgan fingerprint density at radius 1 is 1.44 bits per heavy atom. The van der Waals surface area contributed by atoms with E-state index in [0.29, 0.717) is 11.7 Å². The van der Waals surface area contributed by atoms with Gasteiger partial charge in [0.15, 0.2) is 0 Å². The number of likely N-dealkylation sites (N-methyl/N-ethyl adjacent to an activating group) is 1. The van der Waals surface area contributed by atoms with Gasteiger partial charge < -0.3 is 14.9 Å². The SMILES string of the molecule is CCNCC(C)c1nc(-c2cccc(O)c2)no1. The average molecular weight is 247 g/mol. The second-order valence-electron chi connectivity index (χ2n) is 4.22. The number of phenolic OH excluding ortho intramolecular Hbond substituents is 1. The van der Waals surface area contributed by atoms with Crippen LogP contribution in [0, 0.1) is 0 Å². The Morgan fingerprint density at radius 3 is 3.00 bits per heavy atom. The molecule has 0 saturated heterocycles. The van der Waals surface area contributed by atoms with Crippen LogP contribution in [0.15, 0.2) is 28.8 Å². The Hall–Kier alpha value is -1.88. The van der Waals surface area contributed by atoms with Crippen LogP contribution in [-0.2, 0) is 0 Å². The Morgan fingerprint density at radius 2 is 2.28 bits per heavy atom. The van der Waals surface area contributed by atoms with Gasteiger partial charge >= 0.3 is 0 Å². The molecule has 2 rings (SSSR count). The second kappa shape index (κ2) is 5.64. The van der Waals surface area contributed by atoms with Crippen molar-refractivity contribution in [3.8, 4) is 17.1 Å². The molecule has 5 heteroatoms. The summed E-state index contributed by atoms with van der Waals surface area (Å²) in [5.74, 6) is 1.47. The highest BCUT2D eigenvalue weighted by Gasteiger charge is 2.14. The average Bonchev–Trinajstić information content (AvgIpc) is 2.85. The Bertz CT molecular complexity index is 510. The number of aromatic nitrogens is 2. The quantitative estimate of drug-likeness (QED) is 0.847. The van der Waals surface area contributed by atoms with E-state index in [1.807, 2.05) is 13.0 Å². The predicted octanol–water partition coefficient (Wildman–Crippen LogP) is 2.16. The van der Waals surface area contributed by atoms with Crippen molar-refractivity contribution < 1.29 is 9.63 Å². The zero-order chi connectivity index (χ0) is 13.0. The fourth-order valence-corrected chi connectivity index (χ4v) is 1.65. The number of benzene rings is 1.